The smallest absolute Gasteiger partial charge is 0.417 e. The zero-order valence-electron chi connectivity index (χ0n) is 14.1. The summed E-state index contributed by atoms with van der Waals surface area (Å²) in [4.78, 5) is 4.21. The van der Waals surface area contributed by atoms with E-state index < -0.39 is 11.7 Å². The lowest BCUT2D eigenvalue weighted by atomic mass is 10.1. The number of nitrogens with one attached hydrogen (secondary N) is 2. The quantitative estimate of drug-likeness (QED) is 0.741. The number of nitrogens with zero attached hydrogens (tertiary/aromatic N) is 1. The Hall–Kier alpha value is -2.51. The van der Waals surface area contributed by atoms with Crippen molar-refractivity contribution < 1.29 is 17.9 Å². The van der Waals surface area contributed by atoms with Crippen molar-refractivity contribution >= 4 is 17.8 Å². The van der Waals surface area contributed by atoms with Crippen molar-refractivity contribution in [1.29, 1.82) is 0 Å². The van der Waals surface area contributed by atoms with Crippen LogP contribution in [0.3, 0.4) is 0 Å². The number of benzene rings is 2. The molecule has 2 aromatic rings. The highest BCUT2D eigenvalue weighted by molar-refractivity contribution is 6.31. The van der Waals surface area contributed by atoms with Crippen LogP contribution in [0.15, 0.2) is 59.7 Å². The molecule has 1 unspecified atom stereocenters. The molecule has 2 N–H and O–H groups in total. The summed E-state index contributed by atoms with van der Waals surface area (Å²) in [6.07, 6.45) is 1.47. The fourth-order valence-corrected chi connectivity index (χ4v) is 2.70. The molecule has 1 aliphatic heterocycles. The third-order valence-electron chi connectivity index (χ3n) is 3.83. The van der Waals surface area contributed by atoms with E-state index in [0.29, 0.717) is 5.75 Å². The maximum Gasteiger partial charge on any atom is 0.417 e. The Morgan fingerprint density at radius 2 is 1.85 bits per heavy atom. The standard InChI is InChI=1S/C19H17ClF3N3O/c20-17-7-6-15(12-16(17)19(21,22)23)27-14-4-2-13(3-5-14)8-11-26-18-24-9-1-10-25-18/h1-7,9-10,12,18,24,26H,8,11H2. The van der Waals surface area contributed by atoms with E-state index in [1.165, 1.54) is 12.1 Å². The number of hydrogen-bond acceptors (Lipinski definition) is 4. The molecule has 0 aromatic heterocycles. The van der Waals surface area contributed by atoms with Crippen molar-refractivity contribution in [3.63, 3.8) is 0 Å². The van der Waals surface area contributed by atoms with E-state index in [0.717, 1.165) is 24.6 Å². The second-order valence-electron chi connectivity index (χ2n) is 5.82. The second-order valence-corrected chi connectivity index (χ2v) is 6.22. The Morgan fingerprint density at radius 3 is 2.52 bits per heavy atom. The van der Waals surface area contributed by atoms with Gasteiger partial charge in [0.15, 0.2) is 6.29 Å². The van der Waals surface area contributed by atoms with Crippen LogP contribution in [0.25, 0.3) is 0 Å². The van der Waals surface area contributed by atoms with Crippen molar-refractivity contribution in [1.82, 2.24) is 10.6 Å². The number of allylic oxidation sites excluding steroid dienone is 1. The highest BCUT2D eigenvalue weighted by Gasteiger charge is 2.33. The van der Waals surface area contributed by atoms with Gasteiger partial charge in [0, 0.05) is 19.0 Å². The lowest BCUT2D eigenvalue weighted by Gasteiger charge is -2.16. The Morgan fingerprint density at radius 1 is 1.11 bits per heavy atom. The van der Waals surface area contributed by atoms with Crippen LogP contribution >= 0.6 is 11.6 Å². The van der Waals surface area contributed by atoms with Crippen LogP contribution in [0.4, 0.5) is 13.2 Å². The monoisotopic (exact) mass is 395 g/mol. The Labute approximate surface area is 159 Å². The van der Waals surface area contributed by atoms with Crippen LogP contribution in [0.5, 0.6) is 11.5 Å². The molecule has 0 spiro atoms. The van der Waals surface area contributed by atoms with Gasteiger partial charge < -0.3 is 10.1 Å². The molecule has 27 heavy (non-hydrogen) atoms. The average molecular weight is 396 g/mol. The minimum atomic E-state index is -4.53. The third kappa shape index (κ3) is 5.48. The summed E-state index contributed by atoms with van der Waals surface area (Å²) in [6.45, 7) is 0.717. The first-order valence-corrected chi connectivity index (χ1v) is 8.61. The van der Waals surface area contributed by atoms with E-state index in [2.05, 4.69) is 15.6 Å². The second kappa shape index (κ2) is 8.45. The summed E-state index contributed by atoms with van der Waals surface area (Å²) in [7, 11) is 0. The van der Waals surface area contributed by atoms with E-state index in [4.69, 9.17) is 16.3 Å². The normalized spacial score (nSPS) is 16.2. The van der Waals surface area contributed by atoms with Crippen molar-refractivity contribution in [3.8, 4) is 11.5 Å². The fraction of sp³-hybridized carbons (Fsp3) is 0.211. The molecule has 4 nitrogen and oxygen atoms in total. The van der Waals surface area contributed by atoms with E-state index in [1.54, 1.807) is 18.3 Å². The summed E-state index contributed by atoms with van der Waals surface area (Å²) in [6, 6.07) is 10.7. The maximum absolute atomic E-state index is 12.9. The van der Waals surface area contributed by atoms with Gasteiger partial charge >= 0.3 is 6.18 Å². The molecule has 0 saturated heterocycles. The van der Waals surface area contributed by atoms with Gasteiger partial charge in [-0.2, -0.15) is 13.2 Å². The van der Waals surface area contributed by atoms with E-state index in [-0.39, 0.29) is 17.1 Å². The highest BCUT2D eigenvalue weighted by Crippen LogP contribution is 2.37. The van der Waals surface area contributed by atoms with Crippen LogP contribution in [0, 0.1) is 0 Å². The van der Waals surface area contributed by atoms with Crippen LogP contribution in [-0.4, -0.2) is 19.0 Å². The average Bonchev–Trinajstić information content (AvgIpc) is 2.65. The number of hydrogen-bond donors (Lipinski definition) is 2. The van der Waals surface area contributed by atoms with E-state index >= 15 is 0 Å². The first kappa shape index (κ1) is 19.3. The highest BCUT2D eigenvalue weighted by atomic mass is 35.5. The van der Waals surface area contributed by atoms with E-state index in [9.17, 15) is 13.2 Å². The summed E-state index contributed by atoms with van der Waals surface area (Å²) in [5, 5.41) is 5.94. The van der Waals surface area contributed by atoms with Gasteiger partial charge in [-0.15, -0.1) is 0 Å². The third-order valence-corrected chi connectivity index (χ3v) is 4.15. The summed E-state index contributed by atoms with van der Waals surface area (Å²) >= 11 is 5.61. The number of halogens is 4. The summed E-state index contributed by atoms with van der Waals surface area (Å²) < 4.78 is 44.2. The molecular weight excluding hydrogens is 379 g/mol. The molecule has 1 aliphatic rings. The molecule has 0 bridgehead atoms. The summed E-state index contributed by atoms with van der Waals surface area (Å²) in [5.74, 6) is 0.529. The van der Waals surface area contributed by atoms with Crippen LogP contribution in [0.2, 0.25) is 5.02 Å². The first-order valence-electron chi connectivity index (χ1n) is 8.23. The number of rotatable bonds is 6. The lowest BCUT2D eigenvalue weighted by Crippen LogP contribution is -2.40. The van der Waals surface area contributed by atoms with Gasteiger partial charge in [0.25, 0.3) is 0 Å². The summed E-state index contributed by atoms with van der Waals surface area (Å²) in [5.41, 5.74) is 0.149. The predicted octanol–water partition coefficient (Wildman–Crippen LogP) is 4.75. The molecular formula is C19H17ClF3N3O. The Kier molecular flexibility index (Phi) is 6.03. The molecule has 0 amide bonds. The van der Waals surface area contributed by atoms with Crippen LogP contribution in [0.1, 0.15) is 11.1 Å². The van der Waals surface area contributed by atoms with Crippen LogP contribution < -0.4 is 15.4 Å². The maximum atomic E-state index is 12.9. The van der Waals surface area contributed by atoms with E-state index in [1.807, 2.05) is 24.4 Å². The largest absolute Gasteiger partial charge is 0.457 e. The van der Waals surface area contributed by atoms with Crippen molar-refractivity contribution in [2.24, 2.45) is 4.99 Å². The van der Waals surface area contributed by atoms with Gasteiger partial charge in [-0.3, -0.25) is 10.3 Å². The molecule has 0 radical (unpaired) electrons. The molecule has 0 saturated carbocycles. The Bertz CT molecular complexity index is 835. The minimum absolute atomic E-state index is 0.0791. The number of alkyl halides is 3. The fourth-order valence-electron chi connectivity index (χ4n) is 2.48. The molecule has 3 rings (SSSR count). The van der Waals surface area contributed by atoms with Gasteiger partial charge in [-0.1, -0.05) is 23.7 Å². The van der Waals surface area contributed by atoms with Gasteiger partial charge in [-0.25, -0.2) is 0 Å². The number of aliphatic imine (C=N–C) groups is 1. The molecule has 1 heterocycles. The van der Waals surface area contributed by atoms with Crippen molar-refractivity contribution in [2.45, 2.75) is 18.9 Å². The van der Waals surface area contributed by atoms with Gasteiger partial charge in [0.1, 0.15) is 11.5 Å². The molecule has 2 aromatic carbocycles. The van der Waals surface area contributed by atoms with Crippen molar-refractivity contribution in [2.75, 3.05) is 6.54 Å². The van der Waals surface area contributed by atoms with Crippen molar-refractivity contribution in [3.05, 3.63) is 70.9 Å². The molecule has 142 valence electrons. The topological polar surface area (TPSA) is 45.6 Å². The van der Waals surface area contributed by atoms with Gasteiger partial charge in [0.2, 0.25) is 0 Å². The molecule has 8 heteroatoms. The Balaban J connectivity index is 1.56. The lowest BCUT2D eigenvalue weighted by molar-refractivity contribution is -0.137. The zero-order valence-corrected chi connectivity index (χ0v) is 14.9. The predicted molar refractivity (Wildman–Crippen MR) is 99.2 cm³/mol. The van der Waals surface area contributed by atoms with Gasteiger partial charge in [0.05, 0.1) is 10.6 Å². The molecule has 1 atom stereocenters. The van der Waals surface area contributed by atoms with Gasteiger partial charge in [-0.05, 0) is 48.4 Å². The van der Waals surface area contributed by atoms with Crippen LogP contribution in [-0.2, 0) is 12.6 Å². The minimum Gasteiger partial charge on any atom is -0.457 e. The molecule has 0 fully saturated rings. The number of ether oxygens (including phenoxy) is 1. The first-order chi connectivity index (χ1) is 12.9. The molecule has 0 aliphatic carbocycles. The zero-order chi connectivity index (χ0) is 19.3. The SMILES string of the molecule is FC(F)(F)c1cc(Oc2ccc(CCNC3N=CC=CN3)cc2)ccc1Cl.